The van der Waals surface area contributed by atoms with E-state index in [0.29, 0.717) is 5.56 Å². The van der Waals surface area contributed by atoms with E-state index in [0.717, 1.165) is 36.0 Å². The maximum atomic E-state index is 12.9. The Morgan fingerprint density at radius 3 is 1.88 bits per heavy atom. The van der Waals surface area contributed by atoms with Gasteiger partial charge in [-0.1, -0.05) is 66.7 Å². The van der Waals surface area contributed by atoms with Crippen LogP contribution in [0.25, 0.3) is 11.1 Å². The van der Waals surface area contributed by atoms with Gasteiger partial charge in [0, 0.05) is 25.0 Å². The quantitative estimate of drug-likeness (QED) is 0.319. The minimum absolute atomic E-state index is 0.716. The Hall–Kier alpha value is -1.98. The summed E-state index contributed by atoms with van der Waals surface area (Å²) in [5.74, 6) is -1.60. The maximum Gasteiger partial charge on any atom is 0.159 e. The molecule has 0 atom stereocenters. The first-order chi connectivity index (χ1) is 16.3. The van der Waals surface area contributed by atoms with Crippen LogP contribution in [0, 0.1) is 18.6 Å². The molecule has 1 heterocycles. The number of benzene rings is 1. The van der Waals surface area contributed by atoms with Crippen LogP contribution >= 0.6 is 11.3 Å². The van der Waals surface area contributed by atoms with Gasteiger partial charge in [-0.25, -0.2) is 8.78 Å². The number of hydrogen-bond donors (Lipinski definition) is 0. The Kier molecular flexibility index (Phi) is 27.6. The first kappa shape index (κ1) is 36.6. The highest BCUT2D eigenvalue weighted by Crippen LogP contribution is 2.26. The summed E-state index contributed by atoms with van der Waals surface area (Å²) in [4.78, 5) is 5.64. The zero-order valence-corrected chi connectivity index (χ0v) is 24.1. The van der Waals surface area contributed by atoms with Gasteiger partial charge in [-0.05, 0) is 74.3 Å². The molecule has 0 aliphatic heterocycles. The van der Waals surface area contributed by atoms with E-state index in [2.05, 4.69) is 50.9 Å². The third kappa shape index (κ3) is 19.5. The van der Waals surface area contributed by atoms with Crippen molar-refractivity contribution >= 4 is 11.3 Å². The molecule has 0 aliphatic rings. The second kappa shape index (κ2) is 25.6. The van der Waals surface area contributed by atoms with Crippen molar-refractivity contribution < 1.29 is 8.78 Å². The van der Waals surface area contributed by atoms with Crippen molar-refractivity contribution in [1.29, 1.82) is 0 Å². The van der Waals surface area contributed by atoms with E-state index >= 15 is 0 Å². The van der Waals surface area contributed by atoms with Crippen LogP contribution in [0.1, 0.15) is 65.7 Å². The first-order valence-electron chi connectivity index (χ1n) is 12.4. The van der Waals surface area contributed by atoms with E-state index in [4.69, 9.17) is 0 Å². The molecule has 1 aromatic carbocycles. The molecular formula is C29H50F2N2S. The van der Waals surface area contributed by atoms with Gasteiger partial charge >= 0.3 is 0 Å². The van der Waals surface area contributed by atoms with E-state index in [1.807, 2.05) is 58.3 Å². The molecule has 0 bridgehead atoms. The molecular weight excluding hydrogens is 446 g/mol. The van der Waals surface area contributed by atoms with Gasteiger partial charge in [-0.15, -0.1) is 17.9 Å². The largest absolute Gasteiger partial charge is 0.380 e. The first-order valence-corrected chi connectivity index (χ1v) is 13.3. The maximum absolute atomic E-state index is 12.9. The van der Waals surface area contributed by atoms with Crippen LogP contribution in [-0.2, 0) is 0 Å². The van der Waals surface area contributed by atoms with Gasteiger partial charge < -0.3 is 9.80 Å². The van der Waals surface area contributed by atoms with Crippen LogP contribution < -0.4 is 0 Å². The lowest BCUT2D eigenvalue weighted by atomic mass is 10.1. The van der Waals surface area contributed by atoms with Crippen LogP contribution in [-0.4, -0.2) is 43.5 Å². The molecule has 0 spiro atoms. The fraction of sp³-hybridized carbons (Fsp3) is 0.517. The molecule has 2 nitrogen and oxygen atoms in total. The van der Waals surface area contributed by atoms with E-state index in [9.17, 15) is 8.78 Å². The number of unbranched alkanes of at least 4 members (excludes halogenated alkanes) is 1. The monoisotopic (exact) mass is 496 g/mol. The standard InChI is InChI=1S/C11H8F2S.C10H22N2.C4H8.2C2H6/c1-7-4-9(6-14-7)8-2-3-10(12)11(13)5-8;1-5-7-8-12(4)10-9-11(3)6-2;1-3-4-2;2*1-2/h2-6H,1H3;6H,2,5,7-10H2,1,3-4H3;3H,1,4H2,2H3;2*1-2H3. The summed E-state index contributed by atoms with van der Waals surface area (Å²) in [7, 11) is 4.23. The third-order valence-electron chi connectivity index (χ3n) is 4.31. The summed E-state index contributed by atoms with van der Waals surface area (Å²) < 4.78 is 25.5. The highest BCUT2D eigenvalue weighted by Gasteiger charge is 2.05. The number of rotatable bonds is 9. The van der Waals surface area contributed by atoms with Gasteiger partial charge in [0.1, 0.15) is 0 Å². The number of halogens is 2. The molecule has 34 heavy (non-hydrogen) atoms. The van der Waals surface area contributed by atoms with Crippen LogP contribution in [0.15, 0.2) is 55.1 Å². The predicted octanol–water partition coefficient (Wildman–Crippen LogP) is 9.43. The molecule has 0 fully saturated rings. The summed E-state index contributed by atoms with van der Waals surface area (Å²) in [6.45, 7) is 24.9. The molecule has 5 heteroatoms. The molecule has 0 saturated carbocycles. The van der Waals surface area contributed by atoms with Gasteiger partial charge in [0.05, 0.1) is 0 Å². The number of thiophene rings is 1. The van der Waals surface area contributed by atoms with Crippen LogP contribution in [0.4, 0.5) is 8.78 Å². The molecule has 0 N–H and O–H groups in total. The molecule has 0 radical (unpaired) electrons. The Labute approximate surface area is 214 Å². The minimum atomic E-state index is -0.805. The number of allylic oxidation sites excluding steroid dienone is 1. The number of hydrogen-bond acceptors (Lipinski definition) is 3. The third-order valence-corrected chi connectivity index (χ3v) is 5.17. The van der Waals surface area contributed by atoms with Crippen molar-refractivity contribution in [2.45, 2.75) is 67.7 Å². The van der Waals surface area contributed by atoms with Crippen molar-refractivity contribution in [2.24, 2.45) is 0 Å². The lowest BCUT2D eigenvalue weighted by molar-refractivity contribution is 0.291. The molecule has 196 valence electrons. The Balaban J connectivity index is -0.000000438. The number of likely N-dealkylation sites (N-methyl/N-ethyl adjacent to an activating group) is 2. The summed E-state index contributed by atoms with van der Waals surface area (Å²) >= 11 is 1.59. The zero-order chi connectivity index (χ0) is 26.9. The second-order valence-corrected chi connectivity index (χ2v) is 8.21. The second-order valence-electron chi connectivity index (χ2n) is 7.09. The summed E-state index contributed by atoms with van der Waals surface area (Å²) in [5.41, 5.74) is 1.65. The van der Waals surface area contributed by atoms with E-state index in [-0.39, 0.29) is 0 Å². The summed E-state index contributed by atoms with van der Waals surface area (Å²) in [6.07, 6.45) is 7.41. The highest BCUT2D eigenvalue weighted by atomic mass is 32.1. The number of nitrogens with zero attached hydrogens (tertiary/aromatic N) is 2. The highest BCUT2D eigenvalue weighted by molar-refractivity contribution is 7.10. The fourth-order valence-corrected chi connectivity index (χ4v) is 2.94. The SMILES string of the molecule is C=CCC.C=CN(C)CCN(C)CCCC.CC.CC.Cc1cc(-c2ccc(F)c(F)c2)cs1. The van der Waals surface area contributed by atoms with Gasteiger partial charge in [-0.2, -0.15) is 0 Å². The Bertz CT molecular complexity index is 729. The zero-order valence-electron chi connectivity index (χ0n) is 23.3. The fourth-order valence-electron chi connectivity index (χ4n) is 2.23. The summed E-state index contributed by atoms with van der Waals surface area (Å²) in [5, 5.41) is 1.93. The number of aryl methyl sites for hydroxylation is 1. The lowest BCUT2D eigenvalue weighted by Crippen LogP contribution is -2.28. The topological polar surface area (TPSA) is 6.48 Å². The molecule has 1 aromatic heterocycles. The van der Waals surface area contributed by atoms with Gasteiger partial charge in [0.15, 0.2) is 11.6 Å². The molecule has 0 amide bonds. The van der Waals surface area contributed by atoms with Crippen LogP contribution in [0.3, 0.4) is 0 Å². The van der Waals surface area contributed by atoms with E-state index in [1.54, 1.807) is 17.4 Å². The summed E-state index contributed by atoms with van der Waals surface area (Å²) in [6, 6.07) is 5.91. The minimum Gasteiger partial charge on any atom is -0.380 e. The Morgan fingerprint density at radius 2 is 1.47 bits per heavy atom. The van der Waals surface area contributed by atoms with Gasteiger partial charge in [-0.3, -0.25) is 0 Å². The van der Waals surface area contributed by atoms with Gasteiger partial charge in [0.25, 0.3) is 0 Å². The lowest BCUT2D eigenvalue weighted by Gasteiger charge is -2.20. The smallest absolute Gasteiger partial charge is 0.159 e. The van der Waals surface area contributed by atoms with Gasteiger partial charge in [0.2, 0.25) is 0 Å². The average Bonchev–Trinajstić information content (AvgIpc) is 3.32. The predicted molar refractivity (Wildman–Crippen MR) is 153 cm³/mol. The molecule has 0 unspecified atom stereocenters. The van der Waals surface area contributed by atoms with E-state index in [1.165, 1.54) is 25.5 Å². The van der Waals surface area contributed by atoms with Crippen molar-refractivity contribution in [3.05, 3.63) is 71.6 Å². The normalized spacial score (nSPS) is 9.06. The molecule has 0 aliphatic carbocycles. The average molecular weight is 497 g/mol. The van der Waals surface area contributed by atoms with Crippen molar-refractivity contribution in [3.8, 4) is 11.1 Å². The van der Waals surface area contributed by atoms with Crippen LogP contribution in [0.2, 0.25) is 0 Å². The Morgan fingerprint density at radius 1 is 0.882 bits per heavy atom. The van der Waals surface area contributed by atoms with Crippen molar-refractivity contribution in [1.82, 2.24) is 9.80 Å². The van der Waals surface area contributed by atoms with Crippen molar-refractivity contribution in [3.63, 3.8) is 0 Å². The molecule has 0 saturated heterocycles. The van der Waals surface area contributed by atoms with E-state index < -0.39 is 11.6 Å². The molecule has 2 aromatic rings. The van der Waals surface area contributed by atoms with Crippen LogP contribution in [0.5, 0.6) is 0 Å². The molecule has 2 rings (SSSR count). The van der Waals surface area contributed by atoms with Crippen molar-refractivity contribution in [2.75, 3.05) is 33.7 Å².